The summed E-state index contributed by atoms with van der Waals surface area (Å²) >= 11 is 6.91. The quantitative estimate of drug-likeness (QED) is 0.177. The van der Waals surface area contributed by atoms with E-state index in [-0.39, 0.29) is 64.6 Å². The maximum Gasteiger partial charge on any atom is 0.419 e. The van der Waals surface area contributed by atoms with Crippen LogP contribution in [0.5, 0.6) is 5.75 Å². The molecule has 0 bridgehead atoms. The van der Waals surface area contributed by atoms with Gasteiger partial charge < -0.3 is 30.1 Å². The number of carbonyl (C=O) groups is 3. The van der Waals surface area contributed by atoms with Crippen LogP contribution in [-0.4, -0.2) is 72.2 Å². The second-order valence-corrected chi connectivity index (χ2v) is 11.2. The predicted molar refractivity (Wildman–Crippen MR) is 158 cm³/mol. The van der Waals surface area contributed by atoms with E-state index in [0.29, 0.717) is 22.2 Å². The van der Waals surface area contributed by atoms with Crippen molar-refractivity contribution in [3.05, 3.63) is 81.2 Å². The zero-order chi connectivity index (χ0) is 32.5. The van der Waals surface area contributed by atoms with Gasteiger partial charge in [-0.05, 0) is 42.5 Å². The van der Waals surface area contributed by atoms with Gasteiger partial charge in [0.15, 0.2) is 0 Å². The topological polar surface area (TPSA) is 130 Å². The van der Waals surface area contributed by atoms with E-state index in [9.17, 15) is 37.1 Å². The number of thiophene rings is 1. The van der Waals surface area contributed by atoms with E-state index in [1.165, 1.54) is 42.5 Å². The molecule has 0 aliphatic carbocycles. The molecule has 16 heteroatoms. The highest BCUT2D eigenvalue weighted by Gasteiger charge is 2.34. The average Bonchev–Trinajstić information content (AvgIpc) is 3.37. The number of aliphatic hydroxyl groups is 1. The van der Waals surface area contributed by atoms with Crippen molar-refractivity contribution in [3.8, 4) is 5.75 Å². The Morgan fingerprint density at radius 3 is 2.64 bits per heavy atom. The summed E-state index contributed by atoms with van der Waals surface area (Å²) in [6.45, 7) is 0.381. The molecule has 0 spiro atoms. The highest BCUT2D eigenvalue weighted by atomic mass is 35.5. The normalized spacial score (nSPS) is 15.2. The van der Waals surface area contributed by atoms with Gasteiger partial charge in [-0.2, -0.15) is 13.2 Å². The summed E-state index contributed by atoms with van der Waals surface area (Å²) < 4.78 is 64.7. The molecule has 3 N–H and O–H groups in total. The van der Waals surface area contributed by atoms with Crippen LogP contribution < -0.4 is 15.4 Å². The molecular weight excluding hydrogens is 644 g/mol. The fraction of sp³-hybridized carbons (Fsp3) is 0.241. The molecule has 4 aromatic rings. The van der Waals surface area contributed by atoms with E-state index in [1.54, 1.807) is 0 Å². The summed E-state index contributed by atoms with van der Waals surface area (Å²) in [5.74, 6) is -3.49. The third-order valence-corrected chi connectivity index (χ3v) is 8.19. The van der Waals surface area contributed by atoms with Crippen LogP contribution in [0.1, 0.15) is 36.0 Å². The van der Waals surface area contributed by atoms with Crippen LogP contribution in [0.3, 0.4) is 0 Å². The number of pyridine rings is 1. The number of methoxy groups -OCH3 is 1. The number of aliphatic hydroxyl groups excluding tert-OH is 1. The maximum absolute atomic E-state index is 13.8. The molecular formula is C29H23ClF4N4O6S. The number of morpholine rings is 1. The Balaban J connectivity index is 1.48. The fourth-order valence-corrected chi connectivity index (χ4v) is 5.94. The fourth-order valence-electron chi connectivity index (χ4n) is 4.66. The van der Waals surface area contributed by atoms with Gasteiger partial charge in [-0.15, -0.1) is 11.3 Å². The standard InChI is InChI=1S/C29H23ClF4N4O6S/c1-43-21-5-2-14(28(42)38-6-7-44-16(12-38)13-39)8-17(21)26(40)37-24-18-11-35-23(30)10-22(18)45-25(24)27(41)36-15-3-4-20(31)19(9-15)29(32,33)34/h2-5,8-11,16,39H,6-7,12-13H2,1H3,(H,36,41)(H,37,40)/t16-/m1/s1. The summed E-state index contributed by atoms with van der Waals surface area (Å²) in [5, 5.41) is 14.8. The number of ether oxygens (including phenoxy) is 2. The van der Waals surface area contributed by atoms with Gasteiger partial charge in [-0.25, -0.2) is 9.37 Å². The van der Waals surface area contributed by atoms with E-state index in [4.69, 9.17) is 21.1 Å². The molecule has 1 aliphatic heterocycles. The first-order chi connectivity index (χ1) is 21.4. The summed E-state index contributed by atoms with van der Waals surface area (Å²) in [5.41, 5.74) is -1.84. The lowest BCUT2D eigenvalue weighted by atomic mass is 10.1. The molecule has 0 unspecified atom stereocenters. The molecule has 5 rings (SSSR count). The van der Waals surface area contributed by atoms with Gasteiger partial charge in [-0.1, -0.05) is 11.6 Å². The summed E-state index contributed by atoms with van der Waals surface area (Å²) in [6, 6.07) is 7.68. The molecule has 1 atom stereocenters. The number of carbonyl (C=O) groups excluding carboxylic acids is 3. The molecule has 3 amide bonds. The Bertz CT molecular complexity index is 1800. The van der Waals surface area contributed by atoms with Crippen molar-refractivity contribution >= 4 is 62.1 Å². The third kappa shape index (κ3) is 6.86. The van der Waals surface area contributed by atoms with E-state index in [1.807, 2.05) is 0 Å². The number of fused-ring (bicyclic) bond motifs is 1. The predicted octanol–water partition coefficient (Wildman–Crippen LogP) is 5.45. The van der Waals surface area contributed by atoms with Crippen molar-refractivity contribution in [2.75, 3.05) is 44.0 Å². The van der Waals surface area contributed by atoms with Gasteiger partial charge >= 0.3 is 6.18 Å². The first kappa shape index (κ1) is 32.1. The minimum atomic E-state index is -5.00. The van der Waals surface area contributed by atoms with Crippen LogP contribution in [-0.2, 0) is 10.9 Å². The molecule has 236 valence electrons. The Hall–Kier alpha value is -4.31. The lowest BCUT2D eigenvalue weighted by Gasteiger charge is -2.32. The zero-order valence-corrected chi connectivity index (χ0v) is 24.8. The Labute approximate surface area is 261 Å². The van der Waals surface area contributed by atoms with Crippen LogP contribution >= 0.6 is 22.9 Å². The van der Waals surface area contributed by atoms with Gasteiger partial charge in [0.2, 0.25) is 0 Å². The second kappa shape index (κ2) is 13.0. The Morgan fingerprint density at radius 2 is 1.93 bits per heavy atom. The highest BCUT2D eigenvalue weighted by Crippen LogP contribution is 2.38. The number of anilines is 2. The van der Waals surface area contributed by atoms with Crippen LogP contribution in [0.4, 0.5) is 28.9 Å². The van der Waals surface area contributed by atoms with Crippen molar-refractivity contribution in [1.82, 2.24) is 9.88 Å². The molecule has 10 nitrogen and oxygen atoms in total. The highest BCUT2D eigenvalue weighted by molar-refractivity contribution is 7.21. The Kier molecular flexibility index (Phi) is 9.25. The van der Waals surface area contributed by atoms with Gasteiger partial charge in [0.25, 0.3) is 17.7 Å². The van der Waals surface area contributed by atoms with E-state index in [0.717, 1.165) is 17.4 Å². The number of alkyl halides is 3. The number of rotatable bonds is 7. The van der Waals surface area contributed by atoms with E-state index >= 15 is 0 Å². The maximum atomic E-state index is 13.8. The summed E-state index contributed by atoms with van der Waals surface area (Å²) in [4.78, 5) is 45.6. The zero-order valence-electron chi connectivity index (χ0n) is 23.2. The molecule has 1 fully saturated rings. The van der Waals surface area contributed by atoms with Crippen molar-refractivity contribution in [2.24, 2.45) is 0 Å². The Morgan fingerprint density at radius 1 is 1.16 bits per heavy atom. The number of halogens is 5. The minimum Gasteiger partial charge on any atom is -0.496 e. The van der Waals surface area contributed by atoms with Gasteiger partial charge in [0, 0.05) is 40.6 Å². The van der Waals surface area contributed by atoms with Gasteiger partial charge in [-0.3, -0.25) is 14.4 Å². The average molecular weight is 667 g/mol. The first-order valence-electron chi connectivity index (χ1n) is 13.2. The number of hydrogen-bond donors (Lipinski definition) is 3. The molecule has 45 heavy (non-hydrogen) atoms. The van der Waals surface area contributed by atoms with Gasteiger partial charge in [0.05, 0.1) is 43.2 Å². The third-order valence-electron chi connectivity index (χ3n) is 6.84. The van der Waals surface area contributed by atoms with Crippen molar-refractivity contribution in [2.45, 2.75) is 12.3 Å². The molecule has 1 saturated heterocycles. The van der Waals surface area contributed by atoms with Crippen molar-refractivity contribution in [3.63, 3.8) is 0 Å². The molecule has 3 heterocycles. The summed E-state index contributed by atoms with van der Waals surface area (Å²) in [6.07, 6.45) is -4.23. The monoisotopic (exact) mass is 666 g/mol. The lowest BCUT2D eigenvalue weighted by molar-refractivity contribution is -0.139. The molecule has 2 aromatic carbocycles. The minimum absolute atomic E-state index is 0.0300. The number of benzene rings is 2. The van der Waals surface area contributed by atoms with Crippen molar-refractivity contribution < 1.29 is 46.5 Å². The summed E-state index contributed by atoms with van der Waals surface area (Å²) in [7, 11) is 1.32. The number of hydrogen-bond acceptors (Lipinski definition) is 8. The van der Waals surface area contributed by atoms with Gasteiger partial charge in [0.1, 0.15) is 21.6 Å². The first-order valence-corrected chi connectivity index (χ1v) is 14.4. The number of nitrogens with one attached hydrogen (secondary N) is 2. The largest absolute Gasteiger partial charge is 0.496 e. The van der Waals surface area contributed by atoms with E-state index < -0.39 is 41.4 Å². The molecule has 0 saturated carbocycles. The SMILES string of the molecule is COc1ccc(C(=O)N2CCO[C@@H](CO)C2)cc1C(=O)Nc1c(C(=O)Nc2ccc(F)c(C(F)(F)F)c2)sc2cc(Cl)ncc12. The second-order valence-electron chi connectivity index (χ2n) is 9.75. The van der Waals surface area contributed by atoms with Crippen LogP contribution in [0.25, 0.3) is 10.1 Å². The number of aromatic nitrogens is 1. The van der Waals surface area contributed by atoms with Crippen LogP contribution in [0.15, 0.2) is 48.7 Å². The molecule has 0 radical (unpaired) electrons. The number of amides is 3. The van der Waals surface area contributed by atoms with Crippen LogP contribution in [0.2, 0.25) is 5.15 Å². The smallest absolute Gasteiger partial charge is 0.419 e. The lowest BCUT2D eigenvalue weighted by Crippen LogP contribution is -2.46. The number of nitrogens with zero attached hydrogens (tertiary/aromatic N) is 2. The van der Waals surface area contributed by atoms with Crippen molar-refractivity contribution in [1.29, 1.82) is 0 Å². The van der Waals surface area contributed by atoms with Crippen LogP contribution in [0, 0.1) is 5.82 Å². The molecule has 1 aliphatic rings. The molecule has 2 aromatic heterocycles. The van der Waals surface area contributed by atoms with E-state index in [2.05, 4.69) is 15.6 Å².